The van der Waals surface area contributed by atoms with Crippen LogP contribution in [0.4, 0.5) is 10.1 Å². The molecule has 3 N–H and O–H groups in total. The van der Waals surface area contributed by atoms with Gasteiger partial charge in [0.2, 0.25) is 5.91 Å². The molecule has 1 amide bonds. The van der Waals surface area contributed by atoms with Gasteiger partial charge >= 0.3 is 0 Å². The molecule has 1 aromatic carbocycles. The molecule has 94 valence electrons. The number of halogens is 3. The van der Waals surface area contributed by atoms with Crippen LogP contribution < -0.4 is 11.1 Å². The molecule has 1 unspecified atom stereocenters. The first kappa shape index (κ1) is 14.2. The molecule has 0 aliphatic rings. The van der Waals surface area contributed by atoms with E-state index in [0.717, 1.165) is 0 Å². The lowest BCUT2D eigenvalue weighted by molar-refractivity contribution is -0.116. The Morgan fingerprint density at radius 2 is 2.00 bits per heavy atom. The predicted molar refractivity (Wildman–Crippen MR) is 67.9 cm³/mol. The quantitative estimate of drug-likeness (QED) is 0.831. The van der Waals surface area contributed by atoms with E-state index in [1.807, 2.05) is 6.92 Å². The third-order valence-corrected chi connectivity index (χ3v) is 2.64. The van der Waals surface area contributed by atoms with Gasteiger partial charge in [-0.05, 0) is 25.5 Å². The molecule has 1 aromatic rings. The third-order valence-electron chi connectivity index (χ3n) is 2.09. The van der Waals surface area contributed by atoms with Crippen molar-refractivity contribution in [1.82, 2.24) is 0 Å². The highest BCUT2D eigenvalue weighted by atomic mass is 35.5. The van der Waals surface area contributed by atoms with E-state index < -0.39 is 5.82 Å². The van der Waals surface area contributed by atoms with Crippen LogP contribution >= 0.6 is 23.2 Å². The van der Waals surface area contributed by atoms with Gasteiger partial charge in [-0.3, -0.25) is 4.79 Å². The number of nitrogens with one attached hydrogen (secondary N) is 1. The summed E-state index contributed by atoms with van der Waals surface area (Å²) in [6, 6.07) is 2.58. The van der Waals surface area contributed by atoms with Crippen LogP contribution in [0.3, 0.4) is 0 Å². The summed E-state index contributed by atoms with van der Waals surface area (Å²) in [4.78, 5) is 11.5. The smallest absolute Gasteiger partial charge is 0.224 e. The van der Waals surface area contributed by atoms with E-state index in [4.69, 9.17) is 28.9 Å². The number of hydrogen-bond acceptors (Lipinski definition) is 2. The van der Waals surface area contributed by atoms with E-state index in [1.54, 1.807) is 0 Å². The molecule has 0 heterocycles. The Kier molecular flexibility index (Phi) is 5.18. The van der Waals surface area contributed by atoms with Gasteiger partial charge in [-0.1, -0.05) is 23.2 Å². The van der Waals surface area contributed by atoms with Gasteiger partial charge in [-0.2, -0.15) is 0 Å². The van der Waals surface area contributed by atoms with Crippen LogP contribution in [0.5, 0.6) is 0 Å². The van der Waals surface area contributed by atoms with Gasteiger partial charge in [0.1, 0.15) is 0 Å². The number of hydrogen-bond donors (Lipinski definition) is 2. The molecule has 0 fully saturated rings. The second-order valence-electron chi connectivity index (χ2n) is 3.82. The fourth-order valence-corrected chi connectivity index (χ4v) is 1.70. The third kappa shape index (κ3) is 4.50. The number of nitrogens with two attached hydrogens (primary N) is 1. The van der Waals surface area contributed by atoms with E-state index >= 15 is 0 Å². The Bertz CT molecular complexity index is 401. The van der Waals surface area contributed by atoms with Crippen LogP contribution in [0.2, 0.25) is 10.0 Å². The molecule has 1 rings (SSSR count). The average molecular weight is 279 g/mol. The fourth-order valence-electron chi connectivity index (χ4n) is 1.21. The fraction of sp³-hybridized carbons (Fsp3) is 0.364. The van der Waals surface area contributed by atoms with Crippen molar-refractivity contribution in [2.45, 2.75) is 25.8 Å². The minimum atomic E-state index is -0.693. The van der Waals surface area contributed by atoms with Crippen molar-refractivity contribution in [3.63, 3.8) is 0 Å². The Morgan fingerprint density at radius 3 is 2.47 bits per heavy atom. The molecule has 0 spiro atoms. The minimum Gasteiger partial charge on any atom is -0.328 e. The first-order valence-electron chi connectivity index (χ1n) is 5.10. The molecule has 1 atom stereocenters. The molecule has 0 aliphatic heterocycles. The van der Waals surface area contributed by atoms with Crippen LogP contribution in [0.1, 0.15) is 19.8 Å². The maximum atomic E-state index is 13.1. The average Bonchev–Trinajstić information content (AvgIpc) is 2.23. The molecule has 3 nitrogen and oxygen atoms in total. The van der Waals surface area contributed by atoms with Gasteiger partial charge in [0.25, 0.3) is 0 Å². The van der Waals surface area contributed by atoms with Crippen molar-refractivity contribution >= 4 is 34.8 Å². The highest BCUT2D eigenvalue weighted by Crippen LogP contribution is 2.27. The molecule has 0 saturated carbocycles. The van der Waals surface area contributed by atoms with Crippen LogP contribution in [0, 0.1) is 5.82 Å². The molecule has 0 aromatic heterocycles. The van der Waals surface area contributed by atoms with E-state index in [2.05, 4.69) is 5.32 Å². The molecular weight excluding hydrogens is 266 g/mol. The normalized spacial score (nSPS) is 12.3. The van der Waals surface area contributed by atoms with Crippen LogP contribution in [-0.2, 0) is 4.79 Å². The van der Waals surface area contributed by atoms with Crippen molar-refractivity contribution in [3.05, 3.63) is 28.0 Å². The predicted octanol–water partition coefficient (Wildman–Crippen LogP) is 3.20. The summed E-state index contributed by atoms with van der Waals surface area (Å²) in [5.74, 6) is -0.900. The molecule has 0 aliphatic carbocycles. The van der Waals surface area contributed by atoms with Gasteiger partial charge < -0.3 is 11.1 Å². The Morgan fingerprint density at radius 1 is 1.47 bits per heavy atom. The standard InChI is InChI=1S/C11H13Cl2FN2O/c1-6(15)2-3-10(17)16-7-4-8(12)11(14)9(13)5-7/h4-6H,2-3,15H2,1H3,(H,16,17). The summed E-state index contributed by atoms with van der Waals surface area (Å²) in [6.07, 6.45) is 0.874. The number of benzene rings is 1. The van der Waals surface area contributed by atoms with Gasteiger partial charge in [0.05, 0.1) is 10.0 Å². The molecule has 6 heteroatoms. The van der Waals surface area contributed by atoms with Crippen molar-refractivity contribution in [1.29, 1.82) is 0 Å². The largest absolute Gasteiger partial charge is 0.328 e. The number of carbonyl (C=O) groups is 1. The minimum absolute atomic E-state index is 0.0406. The highest BCUT2D eigenvalue weighted by molar-refractivity contribution is 6.35. The van der Waals surface area contributed by atoms with Crippen molar-refractivity contribution in [2.24, 2.45) is 5.73 Å². The van der Waals surface area contributed by atoms with Crippen molar-refractivity contribution < 1.29 is 9.18 Å². The summed E-state index contributed by atoms with van der Waals surface area (Å²) in [7, 11) is 0. The summed E-state index contributed by atoms with van der Waals surface area (Å²) < 4.78 is 13.1. The zero-order chi connectivity index (χ0) is 13.0. The lowest BCUT2D eigenvalue weighted by atomic mass is 10.2. The highest BCUT2D eigenvalue weighted by Gasteiger charge is 2.10. The summed E-state index contributed by atoms with van der Waals surface area (Å²) in [5, 5.41) is 2.33. The van der Waals surface area contributed by atoms with Crippen LogP contribution in [0.15, 0.2) is 12.1 Å². The van der Waals surface area contributed by atoms with Gasteiger partial charge in [-0.15, -0.1) is 0 Å². The van der Waals surface area contributed by atoms with Gasteiger partial charge in [0.15, 0.2) is 5.82 Å². The topological polar surface area (TPSA) is 55.1 Å². The number of rotatable bonds is 4. The lowest BCUT2D eigenvalue weighted by Gasteiger charge is -2.08. The second kappa shape index (κ2) is 6.19. The van der Waals surface area contributed by atoms with Gasteiger partial charge in [-0.25, -0.2) is 4.39 Å². The maximum absolute atomic E-state index is 13.1. The first-order valence-corrected chi connectivity index (χ1v) is 5.85. The molecule has 17 heavy (non-hydrogen) atoms. The van der Waals surface area contributed by atoms with Crippen LogP contribution in [-0.4, -0.2) is 11.9 Å². The number of amides is 1. The summed E-state index contributed by atoms with van der Waals surface area (Å²) in [5.41, 5.74) is 5.90. The second-order valence-corrected chi connectivity index (χ2v) is 4.63. The zero-order valence-corrected chi connectivity index (χ0v) is 10.8. The Hall–Kier alpha value is -0.840. The van der Waals surface area contributed by atoms with Crippen molar-refractivity contribution in [3.8, 4) is 0 Å². The van der Waals surface area contributed by atoms with E-state index in [9.17, 15) is 9.18 Å². The summed E-state index contributed by atoms with van der Waals surface area (Å²) in [6.45, 7) is 1.82. The SMILES string of the molecule is CC(N)CCC(=O)Nc1cc(Cl)c(F)c(Cl)c1. The van der Waals surface area contributed by atoms with E-state index in [0.29, 0.717) is 18.5 Å². The van der Waals surface area contributed by atoms with Gasteiger partial charge in [0, 0.05) is 18.2 Å². The Balaban J connectivity index is 2.66. The molecule has 0 bridgehead atoms. The maximum Gasteiger partial charge on any atom is 0.224 e. The van der Waals surface area contributed by atoms with Crippen molar-refractivity contribution in [2.75, 3.05) is 5.32 Å². The van der Waals surface area contributed by atoms with E-state index in [-0.39, 0.29) is 22.0 Å². The van der Waals surface area contributed by atoms with Crippen LogP contribution in [0.25, 0.3) is 0 Å². The lowest BCUT2D eigenvalue weighted by Crippen LogP contribution is -2.19. The first-order chi connectivity index (χ1) is 7.90. The Labute approximate surface area is 109 Å². The molecule has 0 saturated heterocycles. The van der Waals surface area contributed by atoms with E-state index in [1.165, 1.54) is 12.1 Å². The monoisotopic (exact) mass is 278 g/mol. The summed E-state index contributed by atoms with van der Waals surface area (Å²) >= 11 is 11.2. The molecular formula is C11H13Cl2FN2O. The molecule has 0 radical (unpaired) electrons. The number of anilines is 1. The number of carbonyl (C=O) groups excluding carboxylic acids is 1. The zero-order valence-electron chi connectivity index (χ0n) is 9.27.